The lowest BCUT2D eigenvalue weighted by Crippen LogP contribution is -2.22. The highest BCUT2D eigenvalue weighted by Gasteiger charge is 2.20. The molecule has 1 aromatic heterocycles. The summed E-state index contributed by atoms with van der Waals surface area (Å²) in [6, 6.07) is 13.8. The SMILES string of the molecule is COc1ccc(S(=O)(=O)CC(=O)Nc2nc(-c3ccc(C)cc3)cs2)cc1. The Morgan fingerprint density at radius 3 is 2.41 bits per heavy atom. The molecule has 0 fully saturated rings. The summed E-state index contributed by atoms with van der Waals surface area (Å²) in [5, 5.41) is 4.74. The Morgan fingerprint density at radius 1 is 1.11 bits per heavy atom. The number of benzene rings is 2. The number of aromatic nitrogens is 1. The molecule has 8 heteroatoms. The standard InChI is InChI=1S/C19H18N2O4S2/c1-13-3-5-14(6-4-13)17-11-26-19(20-17)21-18(22)12-27(23,24)16-9-7-15(25-2)8-10-16/h3-11H,12H2,1-2H3,(H,20,21,22). The number of carbonyl (C=O) groups excluding carboxylic acids is 1. The summed E-state index contributed by atoms with van der Waals surface area (Å²) in [4.78, 5) is 16.6. The molecular formula is C19H18N2O4S2. The molecule has 0 saturated carbocycles. The van der Waals surface area contributed by atoms with E-state index in [0.29, 0.717) is 10.9 Å². The third kappa shape index (κ3) is 4.72. The van der Waals surface area contributed by atoms with Crippen molar-refractivity contribution >= 4 is 32.2 Å². The van der Waals surface area contributed by atoms with Crippen molar-refractivity contribution in [3.05, 3.63) is 59.5 Å². The number of amides is 1. The van der Waals surface area contributed by atoms with Gasteiger partial charge in [-0.25, -0.2) is 13.4 Å². The Labute approximate surface area is 161 Å². The van der Waals surface area contributed by atoms with E-state index in [1.165, 1.54) is 30.6 Å². The van der Waals surface area contributed by atoms with Crippen LogP contribution in [0.4, 0.5) is 5.13 Å². The summed E-state index contributed by atoms with van der Waals surface area (Å²) < 4.78 is 29.8. The summed E-state index contributed by atoms with van der Waals surface area (Å²) in [7, 11) is -2.25. The van der Waals surface area contributed by atoms with Crippen LogP contribution >= 0.6 is 11.3 Å². The van der Waals surface area contributed by atoms with Crippen molar-refractivity contribution in [3.63, 3.8) is 0 Å². The van der Waals surface area contributed by atoms with Crippen LogP contribution in [0.3, 0.4) is 0 Å². The average Bonchev–Trinajstić information content (AvgIpc) is 3.10. The molecule has 0 saturated heterocycles. The van der Waals surface area contributed by atoms with Gasteiger partial charge in [-0.15, -0.1) is 11.3 Å². The van der Waals surface area contributed by atoms with Gasteiger partial charge in [0.15, 0.2) is 15.0 Å². The number of sulfone groups is 1. The van der Waals surface area contributed by atoms with Crippen LogP contribution in [-0.4, -0.2) is 32.2 Å². The zero-order valence-corrected chi connectivity index (χ0v) is 16.4. The van der Waals surface area contributed by atoms with E-state index in [2.05, 4.69) is 10.3 Å². The van der Waals surface area contributed by atoms with Gasteiger partial charge in [0.1, 0.15) is 11.5 Å². The van der Waals surface area contributed by atoms with E-state index in [9.17, 15) is 13.2 Å². The van der Waals surface area contributed by atoms with E-state index >= 15 is 0 Å². The van der Waals surface area contributed by atoms with Crippen molar-refractivity contribution in [2.75, 3.05) is 18.2 Å². The number of anilines is 1. The van der Waals surface area contributed by atoms with Gasteiger partial charge < -0.3 is 10.1 Å². The number of methoxy groups -OCH3 is 1. The van der Waals surface area contributed by atoms with Gasteiger partial charge >= 0.3 is 0 Å². The second-order valence-electron chi connectivity index (χ2n) is 5.89. The number of rotatable bonds is 6. The summed E-state index contributed by atoms with van der Waals surface area (Å²) in [6.07, 6.45) is 0. The smallest absolute Gasteiger partial charge is 0.241 e. The van der Waals surface area contributed by atoms with E-state index in [1.807, 2.05) is 36.6 Å². The maximum atomic E-state index is 12.4. The second-order valence-corrected chi connectivity index (χ2v) is 8.73. The minimum atomic E-state index is -3.75. The first-order valence-corrected chi connectivity index (χ1v) is 10.6. The Balaban J connectivity index is 1.67. The number of thiazole rings is 1. The summed E-state index contributed by atoms with van der Waals surface area (Å²) in [5.74, 6) is -0.737. The van der Waals surface area contributed by atoms with Crippen LogP contribution in [0.1, 0.15) is 5.56 Å². The van der Waals surface area contributed by atoms with Crippen LogP contribution < -0.4 is 10.1 Å². The highest BCUT2D eigenvalue weighted by molar-refractivity contribution is 7.92. The fourth-order valence-electron chi connectivity index (χ4n) is 2.38. The Kier molecular flexibility index (Phi) is 5.57. The van der Waals surface area contributed by atoms with Crippen molar-refractivity contribution in [1.29, 1.82) is 0 Å². The molecule has 2 aromatic carbocycles. The molecule has 0 atom stereocenters. The van der Waals surface area contributed by atoms with Crippen LogP contribution in [0.2, 0.25) is 0 Å². The van der Waals surface area contributed by atoms with Gasteiger partial charge in [0.25, 0.3) is 0 Å². The van der Waals surface area contributed by atoms with Gasteiger partial charge in [-0.2, -0.15) is 0 Å². The molecule has 27 heavy (non-hydrogen) atoms. The van der Waals surface area contributed by atoms with E-state index in [4.69, 9.17) is 4.74 Å². The molecular weight excluding hydrogens is 384 g/mol. The minimum absolute atomic E-state index is 0.0675. The maximum Gasteiger partial charge on any atom is 0.241 e. The monoisotopic (exact) mass is 402 g/mol. The van der Waals surface area contributed by atoms with Gasteiger partial charge in [-0.3, -0.25) is 4.79 Å². The van der Waals surface area contributed by atoms with Crippen molar-refractivity contribution in [2.45, 2.75) is 11.8 Å². The lowest BCUT2D eigenvalue weighted by Gasteiger charge is -2.05. The number of aryl methyl sites for hydroxylation is 1. The molecule has 1 amide bonds. The molecule has 1 N–H and O–H groups in total. The Morgan fingerprint density at radius 2 is 1.78 bits per heavy atom. The first-order chi connectivity index (χ1) is 12.9. The fourth-order valence-corrected chi connectivity index (χ4v) is 4.25. The third-order valence-corrected chi connectivity index (χ3v) is 6.23. The van der Waals surface area contributed by atoms with Gasteiger partial charge in [0.2, 0.25) is 5.91 Å². The normalized spacial score (nSPS) is 11.2. The van der Waals surface area contributed by atoms with E-state index in [0.717, 1.165) is 16.8 Å². The first-order valence-electron chi connectivity index (χ1n) is 8.06. The maximum absolute atomic E-state index is 12.4. The molecule has 0 unspecified atom stereocenters. The van der Waals surface area contributed by atoms with Gasteiger partial charge in [0.05, 0.1) is 17.7 Å². The van der Waals surface area contributed by atoms with Crippen molar-refractivity contribution < 1.29 is 17.9 Å². The predicted molar refractivity (Wildman–Crippen MR) is 106 cm³/mol. The van der Waals surface area contributed by atoms with Crippen LogP contribution in [0, 0.1) is 6.92 Å². The van der Waals surface area contributed by atoms with Crippen LogP contribution in [-0.2, 0) is 14.6 Å². The Hall–Kier alpha value is -2.71. The second kappa shape index (κ2) is 7.89. The lowest BCUT2D eigenvalue weighted by atomic mass is 10.1. The van der Waals surface area contributed by atoms with Crippen molar-refractivity contribution in [2.24, 2.45) is 0 Å². The highest BCUT2D eigenvalue weighted by Crippen LogP contribution is 2.25. The molecule has 0 aliphatic rings. The Bertz CT molecular complexity index is 1040. The summed E-state index contributed by atoms with van der Waals surface area (Å²) in [5.41, 5.74) is 2.81. The molecule has 3 rings (SSSR count). The van der Waals surface area contributed by atoms with Crippen LogP contribution in [0.25, 0.3) is 11.3 Å². The molecule has 0 bridgehead atoms. The molecule has 1 heterocycles. The topological polar surface area (TPSA) is 85.4 Å². The summed E-state index contributed by atoms with van der Waals surface area (Å²) in [6.45, 7) is 2.00. The third-order valence-electron chi connectivity index (χ3n) is 3.84. The predicted octanol–water partition coefficient (Wildman–Crippen LogP) is 3.54. The molecule has 0 aliphatic carbocycles. The van der Waals surface area contributed by atoms with Crippen LogP contribution in [0.15, 0.2) is 58.8 Å². The minimum Gasteiger partial charge on any atom is -0.497 e. The fraction of sp³-hybridized carbons (Fsp3) is 0.158. The zero-order chi connectivity index (χ0) is 19.4. The average molecular weight is 402 g/mol. The zero-order valence-electron chi connectivity index (χ0n) is 14.8. The molecule has 3 aromatic rings. The molecule has 6 nitrogen and oxygen atoms in total. The lowest BCUT2D eigenvalue weighted by molar-refractivity contribution is -0.113. The van der Waals surface area contributed by atoms with Crippen molar-refractivity contribution in [3.8, 4) is 17.0 Å². The molecule has 0 radical (unpaired) electrons. The van der Waals surface area contributed by atoms with E-state index in [1.54, 1.807) is 12.1 Å². The van der Waals surface area contributed by atoms with Crippen molar-refractivity contribution in [1.82, 2.24) is 4.98 Å². The largest absolute Gasteiger partial charge is 0.497 e. The van der Waals surface area contributed by atoms with E-state index < -0.39 is 21.5 Å². The number of ether oxygens (including phenoxy) is 1. The van der Waals surface area contributed by atoms with Crippen LogP contribution in [0.5, 0.6) is 5.75 Å². The van der Waals surface area contributed by atoms with Gasteiger partial charge in [0, 0.05) is 10.9 Å². The first kappa shape index (κ1) is 19.1. The molecule has 140 valence electrons. The molecule has 0 aliphatic heterocycles. The number of hydrogen-bond acceptors (Lipinski definition) is 6. The quantitative estimate of drug-likeness (QED) is 0.682. The number of hydrogen-bond donors (Lipinski definition) is 1. The number of carbonyl (C=O) groups is 1. The summed E-state index contributed by atoms with van der Waals surface area (Å²) >= 11 is 1.25. The van der Waals surface area contributed by atoms with Gasteiger partial charge in [-0.05, 0) is 31.2 Å². The number of nitrogens with zero attached hydrogens (tertiary/aromatic N) is 1. The van der Waals surface area contributed by atoms with E-state index in [-0.39, 0.29) is 4.90 Å². The highest BCUT2D eigenvalue weighted by atomic mass is 32.2. The number of nitrogens with one attached hydrogen (secondary N) is 1. The molecule has 0 spiro atoms. The van der Waals surface area contributed by atoms with Gasteiger partial charge in [-0.1, -0.05) is 29.8 Å².